The zero-order valence-electron chi connectivity index (χ0n) is 20.8. The molecule has 2 aliphatic rings. The van der Waals surface area contributed by atoms with Crippen molar-refractivity contribution in [2.75, 3.05) is 30.5 Å². The van der Waals surface area contributed by atoms with E-state index in [0.29, 0.717) is 37.4 Å². The molecule has 0 bridgehead atoms. The molecule has 2 heterocycles. The van der Waals surface area contributed by atoms with Crippen molar-refractivity contribution in [3.63, 3.8) is 0 Å². The van der Waals surface area contributed by atoms with Crippen LogP contribution in [0.2, 0.25) is 0 Å². The van der Waals surface area contributed by atoms with E-state index in [1.165, 1.54) is 11.0 Å². The molecule has 1 aliphatic carbocycles. The smallest absolute Gasteiger partial charge is 0.349 e. The van der Waals surface area contributed by atoms with Crippen molar-refractivity contribution in [2.24, 2.45) is 0 Å². The van der Waals surface area contributed by atoms with Crippen LogP contribution in [0.5, 0.6) is 0 Å². The molecule has 0 unspecified atom stereocenters. The van der Waals surface area contributed by atoms with Crippen LogP contribution >= 0.6 is 0 Å². The predicted molar refractivity (Wildman–Crippen MR) is 134 cm³/mol. The summed E-state index contributed by atoms with van der Waals surface area (Å²) < 4.78 is 12.5. The minimum absolute atomic E-state index is 0.206. The van der Waals surface area contributed by atoms with Gasteiger partial charge >= 0.3 is 5.97 Å². The van der Waals surface area contributed by atoms with Gasteiger partial charge in [0, 0.05) is 25.0 Å². The molecule has 9 heteroatoms. The van der Waals surface area contributed by atoms with Gasteiger partial charge in [-0.2, -0.15) is 5.26 Å². The van der Waals surface area contributed by atoms with Crippen molar-refractivity contribution in [1.29, 1.82) is 5.26 Å². The van der Waals surface area contributed by atoms with Crippen molar-refractivity contribution in [3.8, 4) is 6.07 Å². The fraction of sp³-hybridized carbons (Fsp3) is 0.407. The summed E-state index contributed by atoms with van der Waals surface area (Å²) in [5.41, 5.74) is 2.50. The van der Waals surface area contributed by atoms with Crippen LogP contribution in [0, 0.1) is 25.2 Å². The van der Waals surface area contributed by atoms with E-state index >= 15 is 0 Å². The van der Waals surface area contributed by atoms with E-state index in [1.807, 2.05) is 30.6 Å². The largest absolute Gasteiger partial charge is 0.451 e. The summed E-state index contributed by atoms with van der Waals surface area (Å²) >= 11 is 0. The van der Waals surface area contributed by atoms with Gasteiger partial charge in [0.1, 0.15) is 17.2 Å². The fourth-order valence-corrected chi connectivity index (χ4v) is 5.19. The zero-order valence-corrected chi connectivity index (χ0v) is 20.8. The number of nitrogens with zero attached hydrogens (tertiary/aromatic N) is 3. The zero-order chi connectivity index (χ0) is 25.9. The Kier molecular flexibility index (Phi) is 7.27. The summed E-state index contributed by atoms with van der Waals surface area (Å²) in [4.78, 5) is 40.7. The number of benzene rings is 1. The van der Waals surface area contributed by atoms with E-state index in [4.69, 9.17) is 9.47 Å². The lowest BCUT2D eigenvalue weighted by Crippen LogP contribution is -2.61. The number of hydrogen-bond donors (Lipinski definition) is 1. The molecule has 1 fully saturated rings. The highest BCUT2D eigenvalue weighted by atomic mass is 16.5. The molecule has 1 spiro atoms. The highest BCUT2D eigenvalue weighted by Gasteiger charge is 2.52. The Balaban J connectivity index is 1.53. The number of carbonyl (C=O) groups excluding carboxylic acids is 3. The van der Waals surface area contributed by atoms with Gasteiger partial charge in [0.05, 0.1) is 18.0 Å². The van der Waals surface area contributed by atoms with Gasteiger partial charge in [-0.3, -0.25) is 14.5 Å². The number of fused-ring (bicyclic) bond motifs is 1. The third-order valence-electron chi connectivity index (χ3n) is 7.02. The molecule has 1 aromatic heterocycles. The van der Waals surface area contributed by atoms with Gasteiger partial charge in [-0.15, -0.1) is 0 Å². The minimum Gasteiger partial charge on any atom is -0.451 e. The van der Waals surface area contributed by atoms with E-state index in [9.17, 15) is 19.6 Å². The third kappa shape index (κ3) is 4.52. The summed E-state index contributed by atoms with van der Waals surface area (Å²) in [6, 6.07) is 10.9. The molecule has 36 heavy (non-hydrogen) atoms. The van der Waals surface area contributed by atoms with Gasteiger partial charge in [-0.1, -0.05) is 25.0 Å². The van der Waals surface area contributed by atoms with Gasteiger partial charge < -0.3 is 19.4 Å². The maximum Gasteiger partial charge on any atom is 0.349 e. The summed E-state index contributed by atoms with van der Waals surface area (Å²) in [6.45, 7) is 4.45. The maximum atomic E-state index is 13.4. The van der Waals surface area contributed by atoms with Crippen molar-refractivity contribution >= 4 is 35.2 Å². The number of nitriles is 1. The monoisotopic (exact) mass is 490 g/mol. The number of rotatable bonds is 7. The molecule has 1 aliphatic heterocycles. The molecule has 1 N–H and O–H groups in total. The van der Waals surface area contributed by atoms with Gasteiger partial charge in [-0.25, -0.2) is 4.79 Å². The molecule has 0 radical (unpaired) electrons. The number of ether oxygens (including phenoxy) is 2. The molecule has 1 aromatic carbocycles. The summed E-state index contributed by atoms with van der Waals surface area (Å²) in [5.74, 6) is -1.61. The lowest BCUT2D eigenvalue weighted by Gasteiger charge is -2.44. The highest BCUT2D eigenvalue weighted by Crippen LogP contribution is 2.45. The fourth-order valence-electron chi connectivity index (χ4n) is 5.19. The second kappa shape index (κ2) is 10.4. The Morgan fingerprint density at radius 1 is 1.22 bits per heavy atom. The number of hydrogen-bond acceptors (Lipinski definition) is 6. The van der Waals surface area contributed by atoms with Crippen LogP contribution in [0.3, 0.4) is 0 Å². The first-order valence-electron chi connectivity index (χ1n) is 12.0. The third-order valence-corrected chi connectivity index (χ3v) is 7.02. The molecule has 4 rings (SSSR count). The molecular weight excluding hydrogens is 460 g/mol. The second-order valence-electron chi connectivity index (χ2n) is 9.16. The van der Waals surface area contributed by atoms with Crippen molar-refractivity contribution in [2.45, 2.75) is 51.6 Å². The Morgan fingerprint density at radius 3 is 2.64 bits per heavy atom. The second-order valence-corrected chi connectivity index (χ2v) is 9.16. The summed E-state index contributed by atoms with van der Waals surface area (Å²) in [7, 11) is 1.63. The number of esters is 1. The van der Waals surface area contributed by atoms with Gasteiger partial charge in [0.2, 0.25) is 0 Å². The van der Waals surface area contributed by atoms with Gasteiger partial charge in [0.15, 0.2) is 6.61 Å². The van der Waals surface area contributed by atoms with E-state index in [2.05, 4.69) is 5.32 Å². The van der Waals surface area contributed by atoms with Gasteiger partial charge in [0.25, 0.3) is 11.8 Å². The number of anilines is 2. The predicted octanol–water partition coefficient (Wildman–Crippen LogP) is 3.50. The average molecular weight is 491 g/mol. The molecule has 2 aromatic rings. The molecule has 1 saturated carbocycles. The Hall–Kier alpha value is -3.90. The van der Waals surface area contributed by atoms with Gasteiger partial charge in [-0.05, 0) is 56.5 Å². The van der Waals surface area contributed by atoms with Crippen LogP contribution in [0.15, 0.2) is 35.9 Å². The normalized spacial score (nSPS) is 16.4. The minimum atomic E-state index is -0.995. The van der Waals surface area contributed by atoms with Crippen molar-refractivity contribution in [1.82, 2.24) is 4.57 Å². The number of aromatic nitrogens is 1. The van der Waals surface area contributed by atoms with Crippen LogP contribution in [0.1, 0.15) is 42.6 Å². The molecule has 0 saturated heterocycles. The number of para-hydroxylation sites is 2. The molecular formula is C27H30N4O5. The molecule has 0 atom stereocenters. The van der Waals surface area contributed by atoms with Crippen molar-refractivity contribution < 1.29 is 23.9 Å². The van der Waals surface area contributed by atoms with Crippen LogP contribution in [-0.2, 0) is 30.4 Å². The number of nitrogens with one attached hydrogen (secondary N) is 1. The Morgan fingerprint density at radius 2 is 1.94 bits per heavy atom. The molecule has 9 nitrogen and oxygen atoms in total. The number of aryl methyl sites for hydroxylation is 1. The Bertz CT molecular complexity index is 1260. The van der Waals surface area contributed by atoms with E-state index in [-0.39, 0.29) is 11.5 Å². The van der Waals surface area contributed by atoms with E-state index in [0.717, 1.165) is 29.8 Å². The lowest BCUT2D eigenvalue weighted by atomic mass is 9.90. The van der Waals surface area contributed by atoms with E-state index in [1.54, 1.807) is 31.4 Å². The topological polar surface area (TPSA) is 114 Å². The molecule has 2 amide bonds. The van der Waals surface area contributed by atoms with E-state index < -0.39 is 24.0 Å². The first-order valence-corrected chi connectivity index (χ1v) is 12.0. The highest BCUT2D eigenvalue weighted by molar-refractivity contribution is 6.15. The number of methoxy groups -OCH3 is 1. The van der Waals surface area contributed by atoms with Crippen LogP contribution in [0.4, 0.5) is 11.4 Å². The lowest BCUT2D eigenvalue weighted by molar-refractivity contribution is -0.144. The Labute approximate surface area is 210 Å². The van der Waals surface area contributed by atoms with Crippen LogP contribution in [0.25, 0.3) is 6.08 Å². The standard InChI is InChI=1S/C27H30N4O5/c1-18-14-20(19(2)30(18)12-13-35-3)15-21(16-28)25(33)36-17-24(32)31-23-9-5-4-8-22(23)29-26(34)27(31)10-6-7-11-27/h4-5,8-9,14-15H,6-7,10-13,17H2,1-3H3,(H,29,34)/b21-15-. The maximum absolute atomic E-state index is 13.4. The SMILES string of the molecule is COCCn1c(C)cc(/C=C(/C#N)C(=O)OCC(=O)N2c3ccccc3NC(=O)C23CCCC3)c1C. The average Bonchev–Trinajstić information content (AvgIpc) is 3.45. The quantitative estimate of drug-likeness (QED) is 0.361. The summed E-state index contributed by atoms with van der Waals surface area (Å²) in [5, 5.41) is 12.5. The number of amides is 2. The first kappa shape index (κ1) is 25.2. The summed E-state index contributed by atoms with van der Waals surface area (Å²) in [6.07, 6.45) is 4.19. The first-order chi connectivity index (χ1) is 17.3. The van der Waals surface area contributed by atoms with Crippen LogP contribution < -0.4 is 10.2 Å². The number of carbonyl (C=O) groups is 3. The van der Waals surface area contributed by atoms with Crippen molar-refractivity contribution in [3.05, 3.63) is 52.9 Å². The molecule has 188 valence electrons. The van der Waals surface area contributed by atoms with Crippen LogP contribution in [-0.4, -0.2) is 48.2 Å².